The topological polar surface area (TPSA) is 74.9 Å². The Morgan fingerprint density at radius 3 is 2.37 bits per heavy atom. The van der Waals surface area contributed by atoms with Gasteiger partial charge in [-0.1, -0.05) is 76.9 Å². The van der Waals surface area contributed by atoms with Gasteiger partial charge in [-0.15, -0.1) is 0 Å². The molecule has 0 aliphatic carbocycles. The van der Waals surface area contributed by atoms with Crippen molar-refractivity contribution in [3.63, 3.8) is 0 Å². The maximum atomic E-state index is 12.1. The lowest BCUT2D eigenvalue weighted by molar-refractivity contribution is -0.0103. The van der Waals surface area contributed by atoms with Crippen molar-refractivity contribution in [2.45, 2.75) is 66.8 Å². The molecule has 0 aliphatic rings. The Hall–Kier alpha value is -2.80. The molecule has 1 aromatic carbocycles. The summed E-state index contributed by atoms with van der Waals surface area (Å²) in [4.78, 5) is 16.3. The highest BCUT2D eigenvalue weighted by Crippen LogP contribution is 2.34. The molecule has 1 aromatic heterocycles. The van der Waals surface area contributed by atoms with Crippen molar-refractivity contribution in [2.24, 2.45) is 10.9 Å². The second-order valence-electron chi connectivity index (χ2n) is 9.50. The van der Waals surface area contributed by atoms with Crippen LogP contribution in [-0.4, -0.2) is 42.6 Å². The largest absolute Gasteiger partial charge is 0.511 e. The molecule has 7 nitrogen and oxygen atoms in total. The number of aryl methyl sites for hydroxylation is 2. The Morgan fingerprint density at radius 1 is 1.17 bits per heavy atom. The van der Waals surface area contributed by atoms with Gasteiger partial charge < -0.3 is 14.2 Å². The minimum atomic E-state index is -0.781. The van der Waals surface area contributed by atoms with E-state index < -0.39 is 6.16 Å². The number of halogens is 1. The molecule has 0 bridgehead atoms. The third-order valence-electron chi connectivity index (χ3n) is 5.70. The van der Waals surface area contributed by atoms with Crippen LogP contribution in [0.25, 0.3) is 11.3 Å². The number of carbonyl (C=O) groups excluding carboxylic acids is 1. The molecule has 0 saturated carbocycles. The van der Waals surface area contributed by atoms with Crippen LogP contribution < -0.4 is 0 Å². The summed E-state index contributed by atoms with van der Waals surface area (Å²) in [5.74, 6) is 0.671. The van der Waals surface area contributed by atoms with Gasteiger partial charge in [-0.25, -0.2) is 4.79 Å². The van der Waals surface area contributed by atoms with E-state index in [0.717, 1.165) is 12.0 Å². The molecule has 0 amide bonds. The normalized spacial score (nSPS) is 13.5. The Morgan fingerprint density at radius 2 is 1.83 bits per heavy atom. The molecule has 0 aliphatic heterocycles. The van der Waals surface area contributed by atoms with E-state index in [1.807, 2.05) is 39.8 Å². The average molecular weight is 504 g/mol. The van der Waals surface area contributed by atoms with E-state index >= 15 is 0 Å². The average Bonchev–Trinajstić information content (AvgIpc) is 3.11. The van der Waals surface area contributed by atoms with Crippen molar-refractivity contribution < 1.29 is 19.0 Å². The molecule has 0 saturated heterocycles. The van der Waals surface area contributed by atoms with Crippen LogP contribution in [0.15, 0.2) is 29.3 Å². The lowest BCUT2D eigenvalue weighted by Crippen LogP contribution is -2.15. The number of hydrogen-bond acceptors (Lipinski definition) is 6. The zero-order valence-electron chi connectivity index (χ0n) is 22.1. The first-order chi connectivity index (χ1) is 16.5. The summed E-state index contributed by atoms with van der Waals surface area (Å²) < 4.78 is 18.2. The number of carbonyl (C=O) groups is 1. The molecule has 2 rings (SSSR count). The molecule has 1 atom stereocenters. The first kappa shape index (κ1) is 28.4. The van der Waals surface area contributed by atoms with Crippen molar-refractivity contribution in [3.8, 4) is 0 Å². The molecule has 2 aromatic rings. The molecule has 0 fully saturated rings. The van der Waals surface area contributed by atoms with Crippen molar-refractivity contribution in [3.05, 3.63) is 51.8 Å². The van der Waals surface area contributed by atoms with E-state index in [-0.39, 0.29) is 18.1 Å². The van der Waals surface area contributed by atoms with Crippen LogP contribution >= 0.6 is 11.6 Å². The monoisotopic (exact) mass is 503 g/mol. The highest BCUT2D eigenvalue weighted by Gasteiger charge is 2.23. The highest BCUT2D eigenvalue weighted by molar-refractivity contribution is 6.33. The fourth-order valence-electron chi connectivity index (χ4n) is 3.33. The molecular weight excluding hydrogens is 466 g/mol. The first-order valence-corrected chi connectivity index (χ1v) is 12.3. The van der Waals surface area contributed by atoms with Gasteiger partial charge in [-0.05, 0) is 36.3 Å². The molecule has 192 valence electrons. The van der Waals surface area contributed by atoms with Gasteiger partial charge in [0.2, 0.25) is 6.79 Å². The molecule has 0 spiro atoms. The minimum Gasteiger partial charge on any atom is -0.454 e. The Labute approximate surface area is 214 Å². The number of hydrogen-bond donors (Lipinski definition) is 0. The fourth-order valence-corrected chi connectivity index (χ4v) is 3.55. The van der Waals surface area contributed by atoms with E-state index in [0.29, 0.717) is 40.9 Å². The maximum absolute atomic E-state index is 12.1. The van der Waals surface area contributed by atoms with Gasteiger partial charge >= 0.3 is 6.16 Å². The fraction of sp³-hybridized carbons (Fsp3) is 0.519. The van der Waals surface area contributed by atoms with Gasteiger partial charge in [0.05, 0.1) is 17.3 Å². The minimum absolute atomic E-state index is 0.0192. The summed E-state index contributed by atoms with van der Waals surface area (Å²) in [7, 11) is 1.69. The van der Waals surface area contributed by atoms with Crippen LogP contribution in [0.4, 0.5) is 4.79 Å². The number of nitrogens with zero attached hydrogens (tertiary/aromatic N) is 3. The molecule has 8 heteroatoms. The quantitative estimate of drug-likeness (QED) is 0.152. The third-order valence-corrected chi connectivity index (χ3v) is 6.15. The van der Waals surface area contributed by atoms with E-state index in [9.17, 15) is 4.79 Å². The van der Waals surface area contributed by atoms with Crippen LogP contribution in [0.3, 0.4) is 0 Å². The number of benzene rings is 1. The van der Waals surface area contributed by atoms with Gasteiger partial charge in [0.15, 0.2) is 5.76 Å². The number of ether oxygens (including phenoxy) is 3. The Kier molecular flexibility index (Phi) is 10.4. The van der Waals surface area contributed by atoms with E-state index in [1.165, 1.54) is 5.56 Å². The second-order valence-corrected chi connectivity index (χ2v) is 9.88. The first-order valence-electron chi connectivity index (χ1n) is 12.0. The number of aliphatic imine (C=N–C) groups is 1. The van der Waals surface area contributed by atoms with Crippen molar-refractivity contribution in [1.29, 1.82) is 0 Å². The Balaban J connectivity index is 2.49. The highest BCUT2D eigenvalue weighted by atomic mass is 35.5. The van der Waals surface area contributed by atoms with Crippen LogP contribution in [0.5, 0.6) is 0 Å². The zero-order valence-corrected chi connectivity index (χ0v) is 22.9. The summed E-state index contributed by atoms with van der Waals surface area (Å²) in [6.45, 7) is 14.9. The standard InChI is InChI=1S/C27H38ClN3O4/c1-9-18(3)16-33-26(32)35-17-34-25(24-23(28)19(4)30-31(24)10-2)22(15-29-8)20-11-13-21(14-12-20)27(5,6)7/h11-15,18H,9-10,16-17H2,1-8H3/b25-22-,29-15?. The maximum Gasteiger partial charge on any atom is 0.511 e. The van der Waals surface area contributed by atoms with Gasteiger partial charge in [0.25, 0.3) is 0 Å². The summed E-state index contributed by atoms with van der Waals surface area (Å²) >= 11 is 6.67. The molecule has 1 unspecified atom stereocenters. The zero-order chi connectivity index (χ0) is 26.2. The van der Waals surface area contributed by atoms with Crippen LogP contribution in [-0.2, 0) is 26.2 Å². The summed E-state index contributed by atoms with van der Waals surface area (Å²) in [6.07, 6.45) is 1.83. The molecule has 1 heterocycles. The second kappa shape index (κ2) is 12.8. The van der Waals surface area contributed by atoms with Crippen LogP contribution in [0, 0.1) is 12.8 Å². The Bertz CT molecular complexity index is 1050. The van der Waals surface area contributed by atoms with Gasteiger partial charge in [-0.3, -0.25) is 9.67 Å². The molecular formula is C27H38ClN3O4. The van der Waals surface area contributed by atoms with Crippen molar-refractivity contribution in [1.82, 2.24) is 9.78 Å². The van der Waals surface area contributed by atoms with Crippen molar-refractivity contribution in [2.75, 3.05) is 20.4 Å². The third kappa shape index (κ3) is 7.59. The molecule has 0 N–H and O–H groups in total. The summed E-state index contributed by atoms with van der Waals surface area (Å²) in [6, 6.07) is 8.22. The SMILES string of the molecule is CCC(C)COC(=O)OCO/C(=C(/C=NC)c1ccc(C(C)(C)C)cc1)c1c(Cl)c(C)nn1CC. The van der Waals surface area contributed by atoms with E-state index in [2.05, 4.69) is 43.0 Å². The molecule has 35 heavy (non-hydrogen) atoms. The van der Waals surface area contributed by atoms with Crippen molar-refractivity contribution >= 4 is 35.3 Å². The van der Waals surface area contributed by atoms with Gasteiger partial charge in [-0.2, -0.15) is 5.10 Å². The van der Waals surface area contributed by atoms with Crippen LogP contribution in [0.2, 0.25) is 5.02 Å². The number of aromatic nitrogens is 2. The molecule has 0 radical (unpaired) electrons. The lowest BCUT2D eigenvalue weighted by Gasteiger charge is -2.20. The number of allylic oxidation sites excluding steroid dienone is 1. The predicted octanol–water partition coefficient (Wildman–Crippen LogP) is 6.90. The summed E-state index contributed by atoms with van der Waals surface area (Å²) in [5, 5.41) is 4.99. The lowest BCUT2D eigenvalue weighted by atomic mass is 9.86. The smallest absolute Gasteiger partial charge is 0.454 e. The van der Waals surface area contributed by atoms with E-state index in [1.54, 1.807) is 17.9 Å². The van der Waals surface area contributed by atoms with Gasteiger partial charge in [0, 0.05) is 25.4 Å². The number of rotatable bonds is 10. The van der Waals surface area contributed by atoms with E-state index in [4.69, 9.17) is 25.8 Å². The van der Waals surface area contributed by atoms with Crippen LogP contribution in [0.1, 0.15) is 70.5 Å². The predicted molar refractivity (Wildman–Crippen MR) is 142 cm³/mol. The van der Waals surface area contributed by atoms with Gasteiger partial charge in [0.1, 0.15) is 5.69 Å². The summed E-state index contributed by atoms with van der Waals surface area (Å²) in [5.41, 5.74) is 4.08.